The van der Waals surface area contributed by atoms with Gasteiger partial charge in [0.15, 0.2) is 0 Å². The van der Waals surface area contributed by atoms with Gasteiger partial charge in [0.1, 0.15) is 5.60 Å². The van der Waals surface area contributed by atoms with Crippen LogP contribution in [-0.4, -0.2) is 21.6 Å². The number of nitrogens with zero attached hydrogens (tertiary/aromatic N) is 2. The minimum absolute atomic E-state index is 0.254. The van der Waals surface area contributed by atoms with Crippen LogP contribution in [0.2, 0.25) is 0 Å². The van der Waals surface area contributed by atoms with Gasteiger partial charge >= 0.3 is 6.09 Å². The molecule has 0 saturated heterocycles. The molecule has 0 spiro atoms. The van der Waals surface area contributed by atoms with Crippen LogP contribution in [0, 0.1) is 13.8 Å². The second kappa shape index (κ2) is 4.26. The lowest BCUT2D eigenvalue weighted by Gasteiger charge is -2.24. The Labute approximate surface area is 108 Å². The monoisotopic (exact) mass is 248 g/mol. The highest BCUT2D eigenvalue weighted by atomic mass is 16.6. The Hall–Kier alpha value is -1.58. The van der Waals surface area contributed by atoms with Gasteiger partial charge in [-0.15, -0.1) is 0 Å². The third kappa shape index (κ3) is 2.47. The van der Waals surface area contributed by atoms with E-state index in [1.54, 1.807) is 4.90 Å². The number of hydrogen-bond acceptors (Lipinski definition) is 3. The molecule has 4 heteroatoms. The first kappa shape index (κ1) is 12.9. The SMILES string of the molecule is Cc1ncc2c(c1C)CN(C(=O)OC(C)(C)C)C2. The van der Waals surface area contributed by atoms with Crippen molar-refractivity contribution in [2.45, 2.75) is 53.3 Å². The number of amides is 1. The number of hydrogen-bond donors (Lipinski definition) is 0. The van der Waals surface area contributed by atoms with Gasteiger partial charge in [0.2, 0.25) is 0 Å². The smallest absolute Gasteiger partial charge is 0.410 e. The zero-order valence-electron chi connectivity index (χ0n) is 11.7. The third-order valence-electron chi connectivity index (χ3n) is 3.16. The topological polar surface area (TPSA) is 42.4 Å². The number of rotatable bonds is 0. The van der Waals surface area contributed by atoms with Crippen molar-refractivity contribution >= 4 is 6.09 Å². The molecule has 2 rings (SSSR count). The molecule has 1 aliphatic rings. The summed E-state index contributed by atoms with van der Waals surface area (Å²) >= 11 is 0. The second-order valence-corrected chi connectivity index (χ2v) is 5.81. The average molecular weight is 248 g/mol. The molecular formula is C14H20N2O2. The molecule has 0 radical (unpaired) electrons. The summed E-state index contributed by atoms with van der Waals surface area (Å²) in [6.45, 7) is 10.9. The van der Waals surface area contributed by atoms with E-state index in [1.165, 1.54) is 11.1 Å². The number of ether oxygens (including phenoxy) is 1. The average Bonchev–Trinajstić information content (AvgIpc) is 2.66. The van der Waals surface area contributed by atoms with Crippen LogP contribution in [0.1, 0.15) is 43.2 Å². The Bertz CT molecular complexity index is 489. The number of carbonyl (C=O) groups is 1. The number of carbonyl (C=O) groups excluding carboxylic acids is 1. The summed E-state index contributed by atoms with van der Waals surface area (Å²) in [7, 11) is 0. The first-order valence-corrected chi connectivity index (χ1v) is 6.20. The Morgan fingerprint density at radius 1 is 1.33 bits per heavy atom. The van der Waals surface area contributed by atoms with Gasteiger partial charge in [-0.3, -0.25) is 9.88 Å². The lowest BCUT2D eigenvalue weighted by molar-refractivity contribution is 0.0241. The molecule has 0 aromatic carbocycles. The largest absolute Gasteiger partial charge is 0.444 e. The van der Waals surface area contributed by atoms with Crippen LogP contribution in [0.3, 0.4) is 0 Å². The molecule has 18 heavy (non-hydrogen) atoms. The predicted molar refractivity (Wildman–Crippen MR) is 69.2 cm³/mol. The fourth-order valence-corrected chi connectivity index (χ4v) is 2.07. The van der Waals surface area contributed by atoms with Crippen LogP contribution >= 0.6 is 0 Å². The Kier molecular flexibility index (Phi) is 3.05. The summed E-state index contributed by atoms with van der Waals surface area (Å²) in [5.74, 6) is 0. The van der Waals surface area contributed by atoms with Gasteiger partial charge in [0, 0.05) is 11.9 Å². The highest BCUT2D eigenvalue weighted by Gasteiger charge is 2.29. The van der Waals surface area contributed by atoms with Crippen LogP contribution < -0.4 is 0 Å². The molecule has 0 aliphatic carbocycles. The molecule has 1 aliphatic heterocycles. The molecule has 0 unspecified atom stereocenters. The standard InChI is InChI=1S/C14H20N2O2/c1-9-10(2)15-6-11-7-16(8-12(9)11)13(17)18-14(3,4)5/h6H,7-8H2,1-5H3. The molecule has 1 aromatic heterocycles. The molecule has 1 aromatic rings. The van der Waals surface area contributed by atoms with E-state index in [9.17, 15) is 4.79 Å². The van der Waals surface area contributed by atoms with E-state index in [-0.39, 0.29) is 6.09 Å². The van der Waals surface area contributed by atoms with Gasteiger partial charge in [-0.25, -0.2) is 4.79 Å². The molecule has 0 fully saturated rings. The normalized spacial score (nSPS) is 14.6. The van der Waals surface area contributed by atoms with Crippen molar-refractivity contribution < 1.29 is 9.53 Å². The van der Waals surface area contributed by atoms with Crippen LogP contribution in [0.4, 0.5) is 4.79 Å². The second-order valence-electron chi connectivity index (χ2n) is 5.81. The summed E-state index contributed by atoms with van der Waals surface area (Å²) in [6.07, 6.45) is 1.61. The number of fused-ring (bicyclic) bond motifs is 1. The van der Waals surface area contributed by atoms with E-state index < -0.39 is 5.60 Å². The fourth-order valence-electron chi connectivity index (χ4n) is 2.07. The summed E-state index contributed by atoms with van der Waals surface area (Å²) in [4.78, 5) is 18.1. The van der Waals surface area contributed by atoms with Crippen molar-refractivity contribution in [1.82, 2.24) is 9.88 Å². The molecule has 98 valence electrons. The number of pyridine rings is 1. The molecule has 0 saturated carbocycles. The summed E-state index contributed by atoms with van der Waals surface area (Å²) in [6, 6.07) is 0. The maximum Gasteiger partial charge on any atom is 0.410 e. The van der Waals surface area contributed by atoms with Gasteiger partial charge in [-0.1, -0.05) is 0 Å². The van der Waals surface area contributed by atoms with Crippen LogP contribution in [-0.2, 0) is 17.8 Å². The maximum absolute atomic E-state index is 12.0. The minimum Gasteiger partial charge on any atom is -0.444 e. The van der Waals surface area contributed by atoms with Gasteiger partial charge in [-0.2, -0.15) is 0 Å². The van der Waals surface area contributed by atoms with E-state index >= 15 is 0 Å². The van der Waals surface area contributed by atoms with E-state index in [1.807, 2.05) is 33.9 Å². The van der Waals surface area contributed by atoms with Gasteiger partial charge in [-0.05, 0) is 51.3 Å². The van der Waals surface area contributed by atoms with Gasteiger partial charge in [0.05, 0.1) is 13.1 Å². The molecule has 0 bridgehead atoms. The Balaban J connectivity index is 2.15. The summed E-state index contributed by atoms with van der Waals surface area (Å²) < 4.78 is 5.39. The van der Waals surface area contributed by atoms with Crippen LogP contribution in [0.15, 0.2) is 6.20 Å². The number of aryl methyl sites for hydroxylation is 1. The first-order chi connectivity index (χ1) is 8.28. The quantitative estimate of drug-likeness (QED) is 0.709. The van der Waals surface area contributed by atoms with Crippen molar-refractivity contribution in [2.75, 3.05) is 0 Å². The van der Waals surface area contributed by atoms with E-state index in [0.717, 1.165) is 11.3 Å². The third-order valence-corrected chi connectivity index (χ3v) is 3.16. The molecular weight excluding hydrogens is 228 g/mol. The summed E-state index contributed by atoms with van der Waals surface area (Å²) in [5, 5.41) is 0. The van der Waals surface area contributed by atoms with E-state index in [0.29, 0.717) is 13.1 Å². The number of aromatic nitrogens is 1. The zero-order valence-corrected chi connectivity index (χ0v) is 11.7. The van der Waals surface area contributed by atoms with Gasteiger partial charge < -0.3 is 4.74 Å². The predicted octanol–water partition coefficient (Wildman–Crippen LogP) is 2.95. The highest BCUT2D eigenvalue weighted by molar-refractivity contribution is 5.69. The van der Waals surface area contributed by atoms with E-state index in [4.69, 9.17) is 4.74 Å². The van der Waals surface area contributed by atoms with Crippen molar-refractivity contribution in [3.63, 3.8) is 0 Å². The van der Waals surface area contributed by atoms with Crippen molar-refractivity contribution in [3.8, 4) is 0 Å². The molecule has 0 atom stereocenters. The van der Waals surface area contributed by atoms with Crippen molar-refractivity contribution in [3.05, 3.63) is 28.6 Å². The lowest BCUT2D eigenvalue weighted by atomic mass is 10.1. The Morgan fingerprint density at radius 3 is 2.61 bits per heavy atom. The van der Waals surface area contributed by atoms with Crippen molar-refractivity contribution in [1.29, 1.82) is 0 Å². The zero-order chi connectivity index (χ0) is 13.5. The fraction of sp³-hybridized carbons (Fsp3) is 0.571. The lowest BCUT2D eigenvalue weighted by Crippen LogP contribution is -2.33. The van der Waals surface area contributed by atoms with Crippen LogP contribution in [0.5, 0.6) is 0 Å². The first-order valence-electron chi connectivity index (χ1n) is 6.20. The maximum atomic E-state index is 12.0. The van der Waals surface area contributed by atoms with Gasteiger partial charge in [0.25, 0.3) is 0 Å². The van der Waals surface area contributed by atoms with Crippen LogP contribution in [0.25, 0.3) is 0 Å². The molecule has 2 heterocycles. The van der Waals surface area contributed by atoms with E-state index in [2.05, 4.69) is 11.9 Å². The Morgan fingerprint density at radius 2 is 2.00 bits per heavy atom. The molecule has 1 amide bonds. The molecule has 4 nitrogen and oxygen atoms in total. The minimum atomic E-state index is -0.449. The molecule has 0 N–H and O–H groups in total. The summed E-state index contributed by atoms with van der Waals surface area (Å²) in [5.41, 5.74) is 4.10. The van der Waals surface area contributed by atoms with Crippen molar-refractivity contribution in [2.24, 2.45) is 0 Å². The highest BCUT2D eigenvalue weighted by Crippen LogP contribution is 2.27.